The number of rotatable bonds is 3. The van der Waals surface area contributed by atoms with Crippen LogP contribution in [0.4, 0.5) is 0 Å². The normalized spacial score (nSPS) is 23.4. The van der Waals surface area contributed by atoms with Gasteiger partial charge in [0.05, 0.1) is 6.61 Å². The van der Waals surface area contributed by atoms with Gasteiger partial charge in [-0.15, -0.1) is 6.42 Å². The van der Waals surface area contributed by atoms with Gasteiger partial charge < -0.3 is 4.74 Å². The van der Waals surface area contributed by atoms with E-state index < -0.39 is 0 Å². The molecule has 0 spiro atoms. The quantitative estimate of drug-likeness (QED) is 0.541. The lowest BCUT2D eigenvalue weighted by molar-refractivity contribution is -0.141. The molecule has 3 nitrogen and oxygen atoms in total. The molecule has 76 valence electrons. The number of terminal acetylenes is 1. The molecule has 1 fully saturated rings. The van der Waals surface area contributed by atoms with Crippen LogP contribution in [0.15, 0.2) is 4.99 Å². The van der Waals surface area contributed by atoms with E-state index in [4.69, 9.17) is 11.2 Å². The van der Waals surface area contributed by atoms with Crippen LogP contribution in [-0.2, 0) is 9.53 Å². The molecule has 0 N–H and O–H groups in total. The van der Waals surface area contributed by atoms with Crippen molar-refractivity contribution in [2.75, 3.05) is 18.9 Å². The molecule has 5 heteroatoms. The molecule has 0 bridgehead atoms. The molecule has 1 heterocycles. The van der Waals surface area contributed by atoms with Gasteiger partial charge in [-0.3, -0.25) is 9.79 Å². The van der Waals surface area contributed by atoms with Gasteiger partial charge in [0.25, 0.3) is 0 Å². The number of hydrogen-bond donors (Lipinski definition) is 0. The van der Waals surface area contributed by atoms with Crippen molar-refractivity contribution in [1.29, 1.82) is 0 Å². The number of esters is 1. The van der Waals surface area contributed by atoms with Crippen molar-refractivity contribution in [2.45, 2.75) is 12.2 Å². The Morgan fingerprint density at radius 3 is 3.29 bits per heavy atom. The highest BCUT2D eigenvalue weighted by Gasteiger charge is 2.29. The van der Waals surface area contributed by atoms with Crippen molar-refractivity contribution in [1.82, 2.24) is 0 Å². The third-order valence-corrected chi connectivity index (χ3v) is 4.15. The summed E-state index contributed by atoms with van der Waals surface area (Å²) in [6.45, 7) is 2.61. The van der Waals surface area contributed by atoms with Gasteiger partial charge in [-0.2, -0.15) is 0 Å². The largest absolute Gasteiger partial charge is 0.465 e. The molecule has 1 rings (SSSR count). The Morgan fingerprint density at radius 1 is 1.86 bits per heavy atom. The molecule has 0 aromatic heterocycles. The first kappa shape index (κ1) is 11.5. The third kappa shape index (κ3) is 3.28. The summed E-state index contributed by atoms with van der Waals surface area (Å²) >= 11 is 3.00. The van der Waals surface area contributed by atoms with E-state index in [0.29, 0.717) is 13.2 Å². The van der Waals surface area contributed by atoms with Gasteiger partial charge in [-0.25, -0.2) is 0 Å². The van der Waals surface area contributed by atoms with Crippen LogP contribution in [0.3, 0.4) is 0 Å². The van der Waals surface area contributed by atoms with E-state index >= 15 is 0 Å². The first-order chi connectivity index (χ1) is 6.77. The Labute approximate surface area is 92.1 Å². The van der Waals surface area contributed by atoms with E-state index in [0.717, 1.165) is 10.1 Å². The van der Waals surface area contributed by atoms with Crippen molar-refractivity contribution in [3.05, 3.63) is 0 Å². The lowest BCUT2D eigenvalue weighted by Crippen LogP contribution is -2.19. The van der Waals surface area contributed by atoms with Crippen molar-refractivity contribution in [3.8, 4) is 12.3 Å². The second-order valence-corrected chi connectivity index (χ2v) is 4.91. The zero-order valence-electron chi connectivity index (χ0n) is 7.86. The third-order valence-electron chi connectivity index (χ3n) is 1.45. The van der Waals surface area contributed by atoms with Crippen molar-refractivity contribution in [2.24, 2.45) is 4.99 Å². The highest BCUT2D eigenvalue weighted by Crippen LogP contribution is 2.33. The van der Waals surface area contributed by atoms with Crippen molar-refractivity contribution < 1.29 is 9.53 Å². The molecule has 1 aliphatic rings. The highest BCUT2D eigenvalue weighted by molar-refractivity contribution is 8.42. The van der Waals surface area contributed by atoms with Crippen LogP contribution in [0.25, 0.3) is 0 Å². The molecular weight excluding hydrogens is 218 g/mol. The molecule has 0 aromatic carbocycles. The Hall–Kier alpha value is -0.600. The summed E-state index contributed by atoms with van der Waals surface area (Å²) in [5.41, 5.74) is 0. The standard InChI is InChI=1S/C9H11NO2S2/c1-3-5-10-9-13-6-7(14-9)8(11)12-4-2/h1,7H,4-6H2,2H3. The van der Waals surface area contributed by atoms with Gasteiger partial charge >= 0.3 is 5.97 Å². The van der Waals surface area contributed by atoms with Gasteiger partial charge in [-0.1, -0.05) is 29.4 Å². The number of aliphatic imine (C=N–C) groups is 1. The molecule has 0 aromatic rings. The maximum Gasteiger partial charge on any atom is 0.320 e. The van der Waals surface area contributed by atoms with E-state index in [1.54, 1.807) is 18.7 Å². The predicted molar refractivity (Wildman–Crippen MR) is 61.6 cm³/mol. The smallest absolute Gasteiger partial charge is 0.320 e. The molecule has 1 atom stereocenters. The van der Waals surface area contributed by atoms with Crippen LogP contribution in [0.1, 0.15) is 6.92 Å². The van der Waals surface area contributed by atoms with Gasteiger partial charge in [0, 0.05) is 5.75 Å². The summed E-state index contributed by atoms with van der Waals surface area (Å²) in [6, 6.07) is 0. The molecule has 1 aliphatic heterocycles. The summed E-state index contributed by atoms with van der Waals surface area (Å²) in [4.78, 5) is 15.4. The minimum absolute atomic E-state index is 0.114. The Balaban J connectivity index is 2.41. The topological polar surface area (TPSA) is 38.7 Å². The lowest BCUT2D eigenvalue weighted by atomic mass is 10.5. The molecule has 14 heavy (non-hydrogen) atoms. The van der Waals surface area contributed by atoms with Crippen LogP contribution in [0.2, 0.25) is 0 Å². The molecule has 0 radical (unpaired) electrons. The molecule has 0 aliphatic carbocycles. The minimum Gasteiger partial charge on any atom is -0.465 e. The molecule has 1 saturated heterocycles. The number of carbonyl (C=O) groups is 1. The fraction of sp³-hybridized carbons (Fsp3) is 0.556. The first-order valence-corrected chi connectivity index (χ1v) is 6.08. The summed E-state index contributed by atoms with van der Waals surface area (Å²) in [5, 5.41) is -0.114. The van der Waals surface area contributed by atoms with Crippen LogP contribution in [0, 0.1) is 12.3 Å². The SMILES string of the molecule is C#CCN=C1SCC(C(=O)OCC)S1. The Bertz CT molecular complexity index is 283. The van der Waals surface area contributed by atoms with Crippen LogP contribution < -0.4 is 0 Å². The second kappa shape index (κ2) is 5.99. The highest BCUT2D eigenvalue weighted by atomic mass is 32.2. The maximum absolute atomic E-state index is 11.3. The fourth-order valence-electron chi connectivity index (χ4n) is 0.881. The summed E-state index contributed by atoms with van der Waals surface area (Å²) in [5.74, 6) is 3.01. The maximum atomic E-state index is 11.3. The molecular formula is C9H11NO2S2. The zero-order chi connectivity index (χ0) is 10.4. The fourth-order valence-corrected chi connectivity index (χ4v) is 3.31. The van der Waals surface area contributed by atoms with Gasteiger partial charge in [0.1, 0.15) is 16.2 Å². The zero-order valence-corrected chi connectivity index (χ0v) is 9.49. The molecule has 1 unspecified atom stereocenters. The molecule has 0 saturated carbocycles. The predicted octanol–water partition coefficient (Wildman–Crippen LogP) is 1.39. The summed E-state index contributed by atoms with van der Waals surface area (Å²) in [6.07, 6.45) is 5.08. The van der Waals surface area contributed by atoms with E-state index in [1.165, 1.54) is 11.8 Å². The Kier molecular flexibility index (Phi) is 4.91. The van der Waals surface area contributed by atoms with Crippen molar-refractivity contribution >= 4 is 33.9 Å². The number of carbonyl (C=O) groups excluding carboxylic acids is 1. The lowest BCUT2D eigenvalue weighted by Gasteiger charge is -2.04. The minimum atomic E-state index is -0.157. The average molecular weight is 229 g/mol. The van der Waals surface area contributed by atoms with Crippen LogP contribution in [0.5, 0.6) is 0 Å². The number of thioether (sulfide) groups is 2. The van der Waals surface area contributed by atoms with Gasteiger partial charge in [0.2, 0.25) is 0 Å². The average Bonchev–Trinajstić information content (AvgIpc) is 2.63. The van der Waals surface area contributed by atoms with Gasteiger partial charge in [-0.05, 0) is 6.92 Å². The summed E-state index contributed by atoms with van der Waals surface area (Å²) in [7, 11) is 0. The molecule has 0 amide bonds. The first-order valence-electron chi connectivity index (χ1n) is 4.22. The van der Waals surface area contributed by atoms with E-state index in [9.17, 15) is 4.79 Å². The van der Waals surface area contributed by atoms with E-state index in [1.807, 2.05) is 0 Å². The van der Waals surface area contributed by atoms with E-state index in [-0.39, 0.29) is 11.2 Å². The second-order valence-electron chi connectivity index (χ2n) is 2.46. The van der Waals surface area contributed by atoms with Crippen LogP contribution in [-0.4, -0.2) is 34.5 Å². The Morgan fingerprint density at radius 2 is 2.64 bits per heavy atom. The van der Waals surface area contributed by atoms with Crippen molar-refractivity contribution in [3.63, 3.8) is 0 Å². The monoisotopic (exact) mass is 229 g/mol. The summed E-state index contributed by atoms with van der Waals surface area (Å²) < 4.78 is 5.80. The number of nitrogens with zero attached hydrogens (tertiary/aromatic N) is 1. The van der Waals surface area contributed by atoms with Gasteiger partial charge in [0.15, 0.2) is 0 Å². The number of ether oxygens (including phenoxy) is 1. The number of hydrogen-bond acceptors (Lipinski definition) is 5. The van der Waals surface area contributed by atoms with E-state index in [2.05, 4.69) is 10.9 Å². The van der Waals surface area contributed by atoms with Crippen LogP contribution >= 0.6 is 23.5 Å².